The molecule has 2 atom stereocenters. The van der Waals surface area contributed by atoms with Crippen LogP contribution in [0.3, 0.4) is 0 Å². The molecule has 1 saturated heterocycles. The zero-order valence-electron chi connectivity index (χ0n) is 12.5. The van der Waals surface area contributed by atoms with Crippen molar-refractivity contribution in [3.05, 3.63) is 35.9 Å². The molecule has 2 N–H and O–H groups in total. The van der Waals surface area contributed by atoms with Crippen LogP contribution in [0.1, 0.15) is 18.9 Å². The van der Waals surface area contributed by atoms with Gasteiger partial charge in [-0.05, 0) is 32.4 Å². The van der Waals surface area contributed by atoms with Gasteiger partial charge in [-0.3, -0.25) is 4.79 Å². The lowest BCUT2D eigenvalue weighted by atomic mass is 10.0. The van der Waals surface area contributed by atoms with Crippen LogP contribution in [-0.4, -0.2) is 54.5 Å². The summed E-state index contributed by atoms with van der Waals surface area (Å²) in [6.45, 7) is 4.65. The molecular weight excluding hydrogens is 250 g/mol. The van der Waals surface area contributed by atoms with Gasteiger partial charge in [0.1, 0.15) is 0 Å². The van der Waals surface area contributed by atoms with E-state index in [0.29, 0.717) is 12.5 Å². The summed E-state index contributed by atoms with van der Waals surface area (Å²) in [4.78, 5) is 16.5. The number of amides is 1. The summed E-state index contributed by atoms with van der Waals surface area (Å²) in [6, 6.07) is 10.2. The normalized spacial score (nSPS) is 21.8. The first kappa shape index (κ1) is 15.0. The molecule has 2 rings (SSSR count). The van der Waals surface area contributed by atoms with Gasteiger partial charge in [0.15, 0.2) is 0 Å². The van der Waals surface area contributed by atoms with Crippen molar-refractivity contribution in [1.29, 1.82) is 0 Å². The van der Waals surface area contributed by atoms with E-state index in [0.717, 1.165) is 26.1 Å². The van der Waals surface area contributed by atoms with E-state index in [2.05, 4.69) is 31.0 Å². The van der Waals surface area contributed by atoms with Crippen molar-refractivity contribution in [1.82, 2.24) is 9.80 Å². The summed E-state index contributed by atoms with van der Waals surface area (Å²) in [6.07, 6.45) is 1.57. The Balaban J connectivity index is 1.83. The van der Waals surface area contributed by atoms with E-state index in [1.165, 1.54) is 5.56 Å². The summed E-state index contributed by atoms with van der Waals surface area (Å²) in [7, 11) is 2.10. The van der Waals surface area contributed by atoms with Gasteiger partial charge in [0, 0.05) is 25.7 Å². The third kappa shape index (κ3) is 3.81. The fourth-order valence-corrected chi connectivity index (χ4v) is 2.57. The molecular formula is C16H25N3O. The number of benzene rings is 1. The van der Waals surface area contributed by atoms with Gasteiger partial charge in [-0.2, -0.15) is 0 Å². The van der Waals surface area contributed by atoms with Gasteiger partial charge in [-0.15, -0.1) is 0 Å². The van der Waals surface area contributed by atoms with Crippen molar-refractivity contribution in [2.24, 2.45) is 5.73 Å². The molecule has 1 unspecified atom stereocenters. The number of aryl methyl sites for hydroxylation is 1. The molecule has 0 aliphatic carbocycles. The van der Waals surface area contributed by atoms with Gasteiger partial charge in [0.25, 0.3) is 0 Å². The van der Waals surface area contributed by atoms with E-state index >= 15 is 0 Å². The fourth-order valence-electron chi connectivity index (χ4n) is 2.57. The minimum Gasteiger partial charge on any atom is -0.339 e. The summed E-state index contributed by atoms with van der Waals surface area (Å²) in [5, 5.41) is 0. The van der Waals surface area contributed by atoms with Gasteiger partial charge in [0.05, 0.1) is 6.04 Å². The molecule has 1 heterocycles. The van der Waals surface area contributed by atoms with Gasteiger partial charge in [-0.25, -0.2) is 0 Å². The van der Waals surface area contributed by atoms with Gasteiger partial charge < -0.3 is 15.5 Å². The topological polar surface area (TPSA) is 49.6 Å². The Labute approximate surface area is 121 Å². The van der Waals surface area contributed by atoms with Gasteiger partial charge in [-0.1, -0.05) is 30.3 Å². The Bertz CT molecular complexity index is 435. The van der Waals surface area contributed by atoms with Crippen LogP contribution < -0.4 is 5.73 Å². The van der Waals surface area contributed by atoms with Crippen LogP contribution in [0.25, 0.3) is 0 Å². The number of rotatable bonds is 4. The number of hydrogen-bond donors (Lipinski definition) is 1. The predicted molar refractivity (Wildman–Crippen MR) is 81.4 cm³/mol. The summed E-state index contributed by atoms with van der Waals surface area (Å²) < 4.78 is 0. The molecule has 0 saturated carbocycles. The summed E-state index contributed by atoms with van der Waals surface area (Å²) >= 11 is 0. The van der Waals surface area contributed by atoms with Crippen LogP contribution in [0, 0.1) is 0 Å². The average molecular weight is 275 g/mol. The molecule has 1 aliphatic heterocycles. The van der Waals surface area contributed by atoms with E-state index in [9.17, 15) is 4.79 Å². The maximum absolute atomic E-state index is 12.4. The van der Waals surface area contributed by atoms with Crippen LogP contribution in [0.15, 0.2) is 30.3 Å². The molecule has 1 aliphatic rings. The molecule has 4 heteroatoms. The second-order valence-electron chi connectivity index (χ2n) is 5.74. The van der Waals surface area contributed by atoms with E-state index in [4.69, 9.17) is 5.73 Å². The number of likely N-dealkylation sites (N-methyl/N-ethyl adjacent to an activating group) is 1. The third-order valence-corrected chi connectivity index (χ3v) is 4.18. The first-order valence-electron chi connectivity index (χ1n) is 7.36. The summed E-state index contributed by atoms with van der Waals surface area (Å²) in [5.74, 6) is 0.0980. The molecule has 1 fully saturated rings. The van der Waals surface area contributed by atoms with Crippen molar-refractivity contribution >= 4 is 5.91 Å². The molecule has 0 bridgehead atoms. The van der Waals surface area contributed by atoms with Crippen molar-refractivity contribution in [2.75, 3.05) is 26.7 Å². The van der Waals surface area contributed by atoms with Crippen LogP contribution in [0.4, 0.5) is 0 Å². The van der Waals surface area contributed by atoms with Crippen LogP contribution in [-0.2, 0) is 11.2 Å². The smallest absolute Gasteiger partial charge is 0.239 e. The highest BCUT2D eigenvalue weighted by molar-refractivity contribution is 5.81. The lowest BCUT2D eigenvalue weighted by molar-refractivity contribution is -0.135. The van der Waals surface area contributed by atoms with Crippen molar-refractivity contribution in [3.8, 4) is 0 Å². The molecule has 4 nitrogen and oxygen atoms in total. The minimum atomic E-state index is -0.384. The molecule has 20 heavy (non-hydrogen) atoms. The Morgan fingerprint density at radius 1 is 1.35 bits per heavy atom. The summed E-state index contributed by atoms with van der Waals surface area (Å²) in [5.41, 5.74) is 7.31. The molecule has 110 valence electrons. The third-order valence-electron chi connectivity index (χ3n) is 4.18. The molecule has 1 amide bonds. The highest BCUT2D eigenvalue weighted by Crippen LogP contribution is 2.10. The monoisotopic (exact) mass is 275 g/mol. The molecule has 1 aromatic rings. The maximum Gasteiger partial charge on any atom is 0.239 e. The molecule has 0 aromatic heterocycles. The Morgan fingerprint density at radius 2 is 2.05 bits per heavy atom. The minimum absolute atomic E-state index is 0.0980. The maximum atomic E-state index is 12.4. The van der Waals surface area contributed by atoms with Crippen molar-refractivity contribution in [2.45, 2.75) is 31.8 Å². The SMILES string of the molecule is CC1CN(C(=O)[C@@H](N)CCc2ccccc2)CCN1C. The van der Waals surface area contributed by atoms with Gasteiger partial charge >= 0.3 is 0 Å². The zero-order chi connectivity index (χ0) is 14.5. The van der Waals surface area contributed by atoms with E-state index in [1.54, 1.807) is 0 Å². The Hall–Kier alpha value is -1.39. The highest BCUT2D eigenvalue weighted by Gasteiger charge is 2.27. The van der Waals surface area contributed by atoms with Crippen LogP contribution >= 0.6 is 0 Å². The highest BCUT2D eigenvalue weighted by atomic mass is 16.2. The van der Waals surface area contributed by atoms with Crippen molar-refractivity contribution < 1.29 is 4.79 Å². The largest absolute Gasteiger partial charge is 0.339 e. The standard InChI is InChI=1S/C16H25N3O/c1-13-12-19(11-10-18(13)2)16(20)15(17)9-8-14-6-4-3-5-7-14/h3-7,13,15H,8-12,17H2,1-2H3/t13?,15-/m0/s1. The van der Waals surface area contributed by atoms with Crippen LogP contribution in [0.5, 0.6) is 0 Å². The fraction of sp³-hybridized carbons (Fsp3) is 0.562. The lowest BCUT2D eigenvalue weighted by Crippen LogP contribution is -2.55. The number of hydrogen-bond acceptors (Lipinski definition) is 3. The van der Waals surface area contributed by atoms with E-state index in [-0.39, 0.29) is 11.9 Å². The van der Waals surface area contributed by atoms with Gasteiger partial charge in [0.2, 0.25) is 5.91 Å². The van der Waals surface area contributed by atoms with Crippen LogP contribution in [0.2, 0.25) is 0 Å². The second-order valence-corrected chi connectivity index (χ2v) is 5.74. The number of piperazine rings is 1. The number of nitrogens with two attached hydrogens (primary N) is 1. The Kier molecular flexibility index (Phi) is 5.15. The number of carbonyl (C=O) groups excluding carboxylic acids is 1. The quantitative estimate of drug-likeness (QED) is 0.895. The lowest BCUT2D eigenvalue weighted by Gasteiger charge is -2.38. The Morgan fingerprint density at radius 3 is 2.70 bits per heavy atom. The molecule has 1 aromatic carbocycles. The molecule has 0 radical (unpaired) electrons. The number of nitrogens with zero attached hydrogens (tertiary/aromatic N) is 2. The average Bonchev–Trinajstić information content (AvgIpc) is 2.48. The second kappa shape index (κ2) is 6.86. The van der Waals surface area contributed by atoms with E-state index < -0.39 is 0 Å². The van der Waals surface area contributed by atoms with Crippen molar-refractivity contribution in [3.63, 3.8) is 0 Å². The first-order valence-corrected chi connectivity index (χ1v) is 7.36. The first-order chi connectivity index (χ1) is 9.58. The zero-order valence-corrected chi connectivity index (χ0v) is 12.5. The predicted octanol–water partition coefficient (Wildman–Crippen LogP) is 1.11. The number of carbonyl (C=O) groups is 1. The molecule has 0 spiro atoms. The van der Waals surface area contributed by atoms with E-state index in [1.807, 2.05) is 23.1 Å².